The maximum Gasteiger partial charge on any atom is 0.339 e. The van der Waals surface area contributed by atoms with Crippen molar-refractivity contribution in [3.63, 3.8) is 0 Å². The number of para-hydroxylation sites is 1. The van der Waals surface area contributed by atoms with Crippen molar-refractivity contribution in [2.45, 2.75) is 6.92 Å². The number of carbonyl (C=O) groups excluding carboxylic acids is 1. The van der Waals surface area contributed by atoms with Crippen LogP contribution in [0.25, 0.3) is 6.08 Å². The number of carbonyl (C=O) groups is 2. The lowest BCUT2D eigenvalue weighted by molar-refractivity contribution is -0.128. The van der Waals surface area contributed by atoms with Crippen LogP contribution in [0.5, 0.6) is 5.75 Å². The van der Waals surface area contributed by atoms with E-state index in [-0.39, 0.29) is 11.3 Å². The van der Waals surface area contributed by atoms with E-state index < -0.39 is 11.9 Å². The van der Waals surface area contributed by atoms with Crippen LogP contribution in [-0.4, -0.2) is 17.0 Å². The topological polar surface area (TPSA) is 63.6 Å². The quantitative estimate of drug-likeness (QED) is 0.531. The van der Waals surface area contributed by atoms with Crippen molar-refractivity contribution >= 4 is 18.0 Å². The van der Waals surface area contributed by atoms with Gasteiger partial charge in [0, 0.05) is 6.08 Å². The summed E-state index contributed by atoms with van der Waals surface area (Å²) in [7, 11) is 0. The maximum absolute atomic E-state index is 11.8. The minimum atomic E-state index is -1.13. The van der Waals surface area contributed by atoms with Gasteiger partial charge in [-0.3, -0.25) is 0 Å². The zero-order valence-corrected chi connectivity index (χ0v) is 11.4. The van der Waals surface area contributed by atoms with Crippen LogP contribution >= 0.6 is 0 Å². The third-order valence-corrected chi connectivity index (χ3v) is 2.86. The summed E-state index contributed by atoms with van der Waals surface area (Å²) < 4.78 is 5.15. The van der Waals surface area contributed by atoms with Crippen LogP contribution in [0.3, 0.4) is 0 Å². The van der Waals surface area contributed by atoms with Gasteiger partial charge < -0.3 is 9.84 Å². The molecule has 0 aromatic heterocycles. The molecule has 21 heavy (non-hydrogen) atoms. The summed E-state index contributed by atoms with van der Waals surface area (Å²) in [5, 5.41) is 9.10. The van der Waals surface area contributed by atoms with E-state index in [0.29, 0.717) is 5.56 Å². The van der Waals surface area contributed by atoms with Crippen molar-refractivity contribution in [2.75, 3.05) is 0 Å². The summed E-state index contributed by atoms with van der Waals surface area (Å²) in [4.78, 5) is 22.9. The summed E-state index contributed by atoms with van der Waals surface area (Å²) >= 11 is 0. The molecule has 0 unspecified atom stereocenters. The number of rotatable bonds is 4. The van der Waals surface area contributed by atoms with E-state index in [9.17, 15) is 9.59 Å². The van der Waals surface area contributed by atoms with Crippen LogP contribution in [0.1, 0.15) is 21.5 Å². The number of aromatic carboxylic acids is 1. The highest BCUT2D eigenvalue weighted by Gasteiger charge is 2.15. The molecule has 1 N–H and O–H groups in total. The van der Waals surface area contributed by atoms with Crippen molar-refractivity contribution in [2.24, 2.45) is 0 Å². The highest BCUT2D eigenvalue weighted by molar-refractivity contribution is 5.94. The van der Waals surface area contributed by atoms with E-state index in [4.69, 9.17) is 9.84 Å². The Bertz CT molecular complexity index is 687. The number of hydrogen-bond donors (Lipinski definition) is 1. The Morgan fingerprint density at radius 3 is 2.43 bits per heavy atom. The molecule has 0 aliphatic carbocycles. The van der Waals surface area contributed by atoms with Crippen LogP contribution in [0, 0.1) is 6.92 Å². The number of hydrogen-bond acceptors (Lipinski definition) is 3. The fourth-order valence-corrected chi connectivity index (χ4v) is 1.82. The third-order valence-electron chi connectivity index (χ3n) is 2.86. The lowest BCUT2D eigenvalue weighted by Gasteiger charge is -2.08. The van der Waals surface area contributed by atoms with Gasteiger partial charge in [-0.15, -0.1) is 0 Å². The average Bonchev–Trinajstić information content (AvgIpc) is 2.48. The second kappa shape index (κ2) is 6.52. The summed E-state index contributed by atoms with van der Waals surface area (Å²) in [6, 6.07) is 14.0. The van der Waals surface area contributed by atoms with E-state index in [1.54, 1.807) is 25.1 Å². The molecule has 0 spiro atoms. The summed E-state index contributed by atoms with van der Waals surface area (Å²) in [5.74, 6) is -1.67. The largest absolute Gasteiger partial charge is 0.478 e. The Morgan fingerprint density at radius 1 is 1.05 bits per heavy atom. The molecule has 0 radical (unpaired) electrons. The molecular formula is C17H14O4. The molecule has 0 saturated carbocycles. The molecule has 0 aliphatic rings. The zero-order valence-electron chi connectivity index (χ0n) is 11.4. The highest BCUT2D eigenvalue weighted by Crippen LogP contribution is 2.23. The molecular weight excluding hydrogens is 268 g/mol. The van der Waals surface area contributed by atoms with Gasteiger partial charge in [0.15, 0.2) is 0 Å². The Hall–Kier alpha value is -2.88. The fraction of sp³-hybridized carbons (Fsp3) is 0.0588. The first kappa shape index (κ1) is 14.5. The molecule has 2 rings (SSSR count). The highest BCUT2D eigenvalue weighted by atomic mass is 16.5. The number of carboxylic acids is 1. The monoisotopic (exact) mass is 282 g/mol. The van der Waals surface area contributed by atoms with E-state index >= 15 is 0 Å². The van der Waals surface area contributed by atoms with Crippen LogP contribution in [-0.2, 0) is 4.79 Å². The molecule has 0 bridgehead atoms. The molecule has 4 nitrogen and oxygen atoms in total. The Balaban J connectivity index is 2.17. The molecule has 0 aliphatic heterocycles. The lowest BCUT2D eigenvalue weighted by atomic mass is 10.1. The van der Waals surface area contributed by atoms with Crippen molar-refractivity contribution in [1.29, 1.82) is 0 Å². The van der Waals surface area contributed by atoms with Gasteiger partial charge in [0.1, 0.15) is 11.3 Å². The normalized spacial score (nSPS) is 10.5. The molecule has 0 amide bonds. The van der Waals surface area contributed by atoms with Gasteiger partial charge in [0.2, 0.25) is 0 Å². The van der Waals surface area contributed by atoms with Gasteiger partial charge in [-0.2, -0.15) is 0 Å². The van der Waals surface area contributed by atoms with Crippen LogP contribution in [0.15, 0.2) is 54.6 Å². The van der Waals surface area contributed by atoms with E-state index in [1.165, 1.54) is 12.1 Å². The Kier molecular flexibility index (Phi) is 4.51. The molecule has 2 aromatic rings. The Morgan fingerprint density at radius 2 is 1.76 bits per heavy atom. The molecule has 0 atom stereocenters. The first-order valence-electron chi connectivity index (χ1n) is 6.36. The standard InChI is InChI=1S/C17H14O4/c1-12-6-5-9-14(17(19)20)16(12)21-15(18)11-10-13-7-3-2-4-8-13/h2-11H,1H3,(H,19,20). The summed E-state index contributed by atoms with van der Waals surface area (Å²) in [5.41, 5.74) is 1.42. The second-order valence-electron chi connectivity index (χ2n) is 4.42. The second-order valence-corrected chi connectivity index (χ2v) is 4.42. The summed E-state index contributed by atoms with van der Waals surface area (Å²) in [6.07, 6.45) is 2.88. The minimum absolute atomic E-state index is 0.0311. The van der Waals surface area contributed by atoms with Crippen molar-refractivity contribution in [3.05, 3.63) is 71.3 Å². The van der Waals surface area contributed by atoms with Gasteiger partial charge in [-0.05, 0) is 30.2 Å². The van der Waals surface area contributed by atoms with E-state index in [0.717, 1.165) is 5.56 Å². The van der Waals surface area contributed by atoms with Crippen molar-refractivity contribution in [3.8, 4) is 5.75 Å². The number of ether oxygens (including phenoxy) is 1. The molecule has 106 valence electrons. The minimum Gasteiger partial charge on any atom is -0.478 e. The third kappa shape index (κ3) is 3.79. The first-order chi connectivity index (χ1) is 10.1. The van der Waals surface area contributed by atoms with Crippen molar-refractivity contribution in [1.82, 2.24) is 0 Å². The van der Waals surface area contributed by atoms with Gasteiger partial charge in [0.05, 0.1) is 0 Å². The van der Waals surface area contributed by atoms with Gasteiger partial charge in [0.25, 0.3) is 0 Å². The molecule has 4 heteroatoms. The van der Waals surface area contributed by atoms with Gasteiger partial charge in [-0.25, -0.2) is 9.59 Å². The average molecular weight is 282 g/mol. The van der Waals surface area contributed by atoms with Crippen LogP contribution in [0.4, 0.5) is 0 Å². The van der Waals surface area contributed by atoms with E-state index in [2.05, 4.69) is 0 Å². The predicted molar refractivity (Wildman–Crippen MR) is 79.2 cm³/mol. The molecule has 0 fully saturated rings. The van der Waals surface area contributed by atoms with E-state index in [1.807, 2.05) is 30.3 Å². The molecule has 0 saturated heterocycles. The van der Waals surface area contributed by atoms with Crippen LogP contribution in [0.2, 0.25) is 0 Å². The van der Waals surface area contributed by atoms with Crippen molar-refractivity contribution < 1.29 is 19.4 Å². The van der Waals surface area contributed by atoms with Gasteiger partial charge in [-0.1, -0.05) is 42.5 Å². The molecule has 0 heterocycles. The van der Waals surface area contributed by atoms with Gasteiger partial charge >= 0.3 is 11.9 Å². The molecule has 2 aromatic carbocycles. The number of aryl methyl sites for hydroxylation is 1. The number of benzene rings is 2. The summed E-state index contributed by atoms with van der Waals surface area (Å²) in [6.45, 7) is 1.69. The SMILES string of the molecule is Cc1cccc(C(=O)O)c1OC(=O)C=Cc1ccccc1. The first-order valence-corrected chi connectivity index (χ1v) is 6.36. The Labute approximate surface area is 122 Å². The number of carboxylic acid groups (broad SMARTS) is 1. The number of esters is 1. The maximum atomic E-state index is 11.8. The van der Waals surface area contributed by atoms with Crippen LogP contribution < -0.4 is 4.74 Å². The zero-order chi connectivity index (χ0) is 15.2. The smallest absolute Gasteiger partial charge is 0.339 e. The lowest BCUT2D eigenvalue weighted by Crippen LogP contribution is -2.09. The predicted octanol–water partition coefficient (Wildman–Crippen LogP) is 3.31. The fourth-order valence-electron chi connectivity index (χ4n) is 1.82.